The van der Waals surface area contributed by atoms with Crippen molar-refractivity contribution < 1.29 is 9.13 Å². The monoisotopic (exact) mass is 287 g/mol. The highest BCUT2D eigenvalue weighted by atomic mass is 19.1. The van der Waals surface area contributed by atoms with Gasteiger partial charge in [0.2, 0.25) is 0 Å². The lowest BCUT2D eigenvalue weighted by Crippen LogP contribution is -2.18. The van der Waals surface area contributed by atoms with Crippen LogP contribution in [0.4, 0.5) is 10.2 Å². The maximum atomic E-state index is 13.3. The van der Waals surface area contributed by atoms with E-state index in [1.807, 2.05) is 13.0 Å². The lowest BCUT2D eigenvalue weighted by molar-refractivity contribution is 0.109. The number of hydrogen-bond donors (Lipinski definition) is 1. The van der Waals surface area contributed by atoms with E-state index >= 15 is 0 Å². The standard InChI is InChI=1S/C16H18FN3O/c1-2-18-16-13-10-21-7-6-14(13)19-15(20-16)9-11-4-3-5-12(17)8-11/h3-5,8H,2,6-7,9-10H2,1H3,(H,18,19,20). The molecule has 0 saturated carbocycles. The quantitative estimate of drug-likeness (QED) is 0.939. The fourth-order valence-electron chi connectivity index (χ4n) is 2.51. The van der Waals surface area contributed by atoms with Crippen molar-refractivity contribution in [2.45, 2.75) is 26.4 Å². The Morgan fingerprint density at radius 1 is 1.33 bits per heavy atom. The van der Waals surface area contributed by atoms with Crippen molar-refractivity contribution in [2.75, 3.05) is 18.5 Å². The smallest absolute Gasteiger partial charge is 0.135 e. The number of ether oxygens (including phenoxy) is 1. The molecule has 0 saturated heterocycles. The van der Waals surface area contributed by atoms with E-state index in [-0.39, 0.29) is 5.82 Å². The van der Waals surface area contributed by atoms with Gasteiger partial charge in [-0.25, -0.2) is 14.4 Å². The number of fused-ring (bicyclic) bond motifs is 1. The molecule has 21 heavy (non-hydrogen) atoms. The molecular weight excluding hydrogens is 269 g/mol. The second-order valence-electron chi connectivity index (χ2n) is 5.05. The van der Waals surface area contributed by atoms with Crippen molar-refractivity contribution in [3.63, 3.8) is 0 Å². The van der Waals surface area contributed by atoms with Gasteiger partial charge in [0.25, 0.3) is 0 Å². The Morgan fingerprint density at radius 2 is 2.24 bits per heavy atom. The second kappa shape index (κ2) is 6.18. The summed E-state index contributed by atoms with van der Waals surface area (Å²) in [7, 11) is 0. The lowest BCUT2D eigenvalue weighted by Gasteiger charge is -2.20. The van der Waals surface area contributed by atoms with E-state index in [4.69, 9.17) is 4.74 Å². The predicted octanol–water partition coefficient (Wildman–Crippen LogP) is 2.71. The molecule has 3 rings (SSSR count). The molecule has 0 atom stereocenters. The minimum Gasteiger partial charge on any atom is -0.376 e. The minimum atomic E-state index is -0.231. The SMILES string of the molecule is CCNc1nc(Cc2cccc(F)c2)nc2c1COCC2. The van der Waals surface area contributed by atoms with Crippen LogP contribution >= 0.6 is 0 Å². The summed E-state index contributed by atoms with van der Waals surface area (Å²) in [5, 5.41) is 3.27. The molecular formula is C16H18FN3O. The Bertz CT molecular complexity index is 645. The Labute approximate surface area is 123 Å². The first-order chi connectivity index (χ1) is 10.3. The highest BCUT2D eigenvalue weighted by molar-refractivity contribution is 5.47. The average Bonchev–Trinajstić information content (AvgIpc) is 2.47. The third-order valence-corrected chi connectivity index (χ3v) is 3.46. The third kappa shape index (κ3) is 3.19. The van der Waals surface area contributed by atoms with E-state index in [0.717, 1.165) is 41.4 Å². The van der Waals surface area contributed by atoms with Crippen LogP contribution in [0.5, 0.6) is 0 Å². The molecule has 2 heterocycles. The highest BCUT2D eigenvalue weighted by Crippen LogP contribution is 2.23. The summed E-state index contributed by atoms with van der Waals surface area (Å²) >= 11 is 0. The maximum absolute atomic E-state index is 13.3. The van der Waals surface area contributed by atoms with E-state index in [2.05, 4.69) is 15.3 Å². The molecule has 1 N–H and O–H groups in total. The second-order valence-corrected chi connectivity index (χ2v) is 5.05. The lowest BCUT2D eigenvalue weighted by atomic mass is 10.1. The zero-order chi connectivity index (χ0) is 14.7. The van der Waals surface area contributed by atoms with Crippen molar-refractivity contribution >= 4 is 5.82 Å². The Morgan fingerprint density at radius 3 is 3.05 bits per heavy atom. The first-order valence-corrected chi connectivity index (χ1v) is 7.21. The fraction of sp³-hybridized carbons (Fsp3) is 0.375. The van der Waals surface area contributed by atoms with Crippen LogP contribution in [0.2, 0.25) is 0 Å². The largest absolute Gasteiger partial charge is 0.376 e. The summed E-state index contributed by atoms with van der Waals surface area (Å²) in [6, 6.07) is 6.57. The molecule has 0 radical (unpaired) electrons. The molecule has 0 bridgehead atoms. The maximum Gasteiger partial charge on any atom is 0.135 e. The van der Waals surface area contributed by atoms with Crippen LogP contribution < -0.4 is 5.32 Å². The summed E-state index contributed by atoms with van der Waals surface area (Å²) in [6.45, 7) is 4.07. The van der Waals surface area contributed by atoms with Gasteiger partial charge in [0.05, 0.1) is 18.9 Å². The van der Waals surface area contributed by atoms with Gasteiger partial charge >= 0.3 is 0 Å². The summed E-state index contributed by atoms with van der Waals surface area (Å²) in [5.41, 5.74) is 2.97. The van der Waals surface area contributed by atoms with Crippen LogP contribution in [0.25, 0.3) is 0 Å². The molecule has 4 nitrogen and oxygen atoms in total. The Balaban J connectivity index is 1.93. The van der Waals surface area contributed by atoms with Gasteiger partial charge in [0, 0.05) is 24.9 Å². The van der Waals surface area contributed by atoms with Crippen LogP contribution in [0.15, 0.2) is 24.3 Å². The Kier molecular flexibility index (Phi) is 4.10. The molecule has 2 aromatic rings. The molecule has 110 valence electrons. The number of benzene rings is 1. The van der Waals surface area contributed by atoms with Crippen molar-refractivity contribution in [2.24, 2.45) is 0 Å². The van der Waals surface area contributed by atoms with Crippen molar-refractivity contribution in [1.82, 2.24) is 9.97 Å². The number of hydrogen-bond acceptors (Lipinski definition) is 4. The predicted molar refractivity (Wildman–Crippen MR) is 78.8 cm³/mol. The molecule has 1 aliphatic rings. The average molecular weight is 287 g/mol. The molecule has 0 unspecified atom stereocenters. The summed E-state index contributed by atoms with van der Waals surface area (Å²) in [6.07, 6.45) is 1.33. The van der Waals surface area contributed by atoms with Gasteiger partial charge in [0.15, 0.2) is 0 Å². The number of anilines is 1. The van der Waals surface area contributed by atoms with E-state index < -0.39 is 0 Å². The van der Waals surface area contributed by atoms with Gasteiger partial charge in [-0.2, -0.15) is 0 Å². The van der Waals surface area contributed by atoms with Crippen molar-refractivity contribution in [3.05, 3.63) is 52.7 Å². The summed E-state index contributed by atoms with van der Waals surface area (Å²) < 4.78 is 18.8. The molecule has 5 heteroatoms. The minimum absolute atomic E-state index is 0.231. The summed E-state index contributed by atoms with van der Waals surface area (Å²) in [4.78, 5) is 9.20. The van der Waals surface area contributed by atoms with Gasteiger partial charge in [-0.05, 0) is 24.6 Å². The number of rotatable bonds is 4. The zero-order valence-corrected chi connectivity index (χ0v) is 12.0. The molecule has 0 amide bonds. The fourth-order valence-corrected chi connectivity index (χ4v) is 2.51. The topological polar surface area (TPSA) is 47.0 Å². The number of aromatic nitrogens is 2. The van der Waals surface area contributed by atoms with E-state index in [0.29, 0.717) is 19.6 Å². The van der Waals surface area contributed by atoms with Crippen LogP contribution in [0.3, 0.4) is 0 Å². The molecule has 0 aliphatic carbocycles. The van der Waals surface area contributed by atoms with Crippen LogP contribution in [0, 0.1) is 5.82 Å². The third-order valence-electron chi connectivity index (χ3n) is 3.46. The first-order valence-electron chi connectivity index (χ1n) is 7.21. The van der Waals surface area contributed by atoms with E-state index in [1.54, 1.807) is 6.07 Å². The van der Waals surface area contributed by atoms with Gasteiger partial charge in [-0.1, -0.05) is 12.1 Å². The number of nitrogens with zero attached hydrogens (tertiary/aromatic N) is 2. The van der Waals surface area contributed by atoms with E-state index in [9.17, 15) is 4.39 Å². The van der Waals surface area contributed by atoms with Gasteiger partial charge in [-0.15, -0.1) is 0 Å². The highest BCUT2D eigenvalue weighted by Gasteiger charge is 2.18. The molecule has 1 aromatic carbocycles. The van der Waals surface area contributed by atoms with Crippen LogP contribution in [-0.2, 0) is 24.2 Å². The van der Waals surface area contributed by atoms with Crippen molar-refractivity contribution in [3.8, 4) is 0 Å². The van der Waals surface area contributed by atoms with Gasteiger partial charge < -0.3 is 10.1 Å². The van der Waals surface area contributed by atoms with Gasteiger partial charge in [0.1, 0.15) is 17.5 Å². The molecule has 0 fully saturated rings. The zero-order valence-electron chi connectivity index (χ0n) is 12.0. The normalized spacial score (nSPS) is 13.8. The first kappa shape index (κ1) is 13.9. The molecule has 1 aliphatic heterocycles. The van der Waals surface area contributed by atoms with Crippen molar-refractivity contribution in [1.29, 1.82) is 0 Å². The number of nitrogens with one attached hydrogen (secondary N) is 1. The summed E-state index contributed by atoms with van der Waals surface area (Å²) in [5.74, 6) is 1.33. The Hall–Kier alpha value is -2.01. The molecule has 0 spiro atoms. The number of halogens is 1. The van der Waals surface area contributed by atoms with E-state index in [1.165, 1.54) is 12.1 Å². The van der Waals surface area contributed by atoms with Gasteiger partial charge in [-0.3, -0.25) is 0 Å². The van der Waals surface area contributed by atoms with Crippen LogP contribution in [0.1, 0.15) is 29.6 Å². The van der Waals surface area contributed by atoms with Crippen LogP contribution in [-0.4, -0.2) is 23.1 Å². The molecule has 1 aromatic heterocycles.